The molecule has 3 rings (SSSR count). The lowest BCUT2D eigenvalue weighted by Gasteiger charge is -2.15. The molecule has 1 heterocycles. The highest BCUT2D eigenvalue weighted by molar-refractivity contribution is 7.09. The van der Waals surface area contributed by atoms with Crippen molar-refractivity contribution in [3.8, 4) is 0 Å². The Morgan fingerprint density at radius 3 is 2.75 bits per heavy atom. The summed E-state index contributed by atoms with van der Waals surface area (Å²) in [6.45, 7) is 2.01. The van der Waals surface area contributed by atoms with Gasteiger partial charge in [0.1, 0.15) is 5.01 Å². The van der Waals surface area contributed by atoms with Crippen LogP contribution in [0.4, 0.5) is 0 Å². The first-order valence-corrected chi connectivity index (χ1v) is 6.84. The molecule has 2 aliphatic carbocycles. The van der Waals surface area contributed by atoms with Crippen molar-refractivity contribution in [1.29, 1.82) is 0 Å². The zero-order valence-corrected chi connectivity index (χ0v) is 10.2. The highest BCUT2D eigenvalue weighted by atomic mass is 32.1. The fourth-order valence-corrected chi connectivity index (χ4v) is 2.88. The number of aryl methyl sites for hydroxylation is 1. The predicted octanol–water partition coefficient (Wildman–Crippen LogP) is 2.43. The van der Waals surface area contributed by atoms with Gasteiger partial charge in [-0.3, -0.25) is 4.79 Å². The van der Waals surface area contributed by atoms with E-state index in [2.05, 4.69) is 15.7 Å². The molecule has 0 aromatic carbocycles. The predicted molar refractivity (Wildman–Crippen MR) is 63.2 cm³/mol. The highest BCUT2D eigenvalue weighted by Gasteiger charge is 2.38. The number of carbonyl (C=O) groups is 1. The van der Waals surface area contributed by atoms with Crippen molar-refractivity contribution in [2.75, 3.05) is 0 Å². The number of hydrogen-bond donors (Lipinski definition) is 1. The SMILES string of the molecule is Cc1csc([C@H](NC(=O)C2CC2)C2CC2)n1. The normalized spacial score (nSPS) is 21.8. The quantitative estimate of drug-likeness (QED) is 0.872. The highest BCUT2D eigenvalue weighted by Crippen LogP contribution is 2.42. The molecule has 1 atom stereocenters. The number of amides is 1. The average Bonchev–Trinajstić information content (AvgIpc) is 3.13. The maximum absolute atomic E-state index is 11.8. The molecule has 16 heavy (non-hydrogen) atoms. The summed E-state index contributed by atoms with van der Waals surface area (Å²) >= 11 is 1.67. The van der Waals surface area contributed by atoms with E-state index in [4.69, 9.17) is 0 Å². The molecule has 0 spiro atoms. The van der Waals surface area contributed by atoms with Gasteiger partial charge in [-0.2, -0.15) is 0 Å². The Labute approximate surface area is 99.3 Å². The van der Waals surface area contributed by atoms with Crippen LogP contribution in [0.1, 0.15) is 42.4 Å². The van der Waals surface area contributed by atoms with Gasteiger partial charge in [-0.25, -0.2) is 4.98 Å². The first-order chi connectivity index (χ1) is 7.74. The molecule has 1 N–H and O–H groups in total. The van der Waals surface area contributed by atoms with Gasteiger partial charge in [0.25, 0.3) is 0 Å². The zero-order valence-electron chi connectivity index (χ0n) is 9.40. The van der Waals surface area contributed by atoms with Crippen molar-refractivity contribution in [3.63, 3.8) is 0 Å². The number of thiazole rings is 1. The number of hydrogen-bond acceptors (Lipinski definition) is 3. The minimum atomic E-state index is 0.187. The maximum atomic E-state index is 11.8. The van der Waals surface area contributed by atoms with Crippen LogP contribution in [-0.2, 0) is 4.79 Å². The van der Waals surface area contributed by atoms with Gasteiger partial charge >= 0.3 is 0 Å². The largest absolute Gasteiger partial charge is 0.346 e. The maximum Gasteiger partial charge on any atom is 0.223 e. The molecule has 2 saturated carbocycles. The molecule has 4 heteroatoms. The summed E-state index contributed by atoms with van der Waals surface area (Å²) in [5.74, 6) is 1.17. The molecule has 1 aromatic heterocycles. The average molecular weight is 236 g/mol. The van der Waals surface area contributed by atoms with E-state index < -0.39 is 0 Å². The Kier molecular flexibility index (Phi) is 2.46. The second kappa shape index (κ2) is 3.84. The standard InChI is InChI=1S/C12H16N2OS/c1-7-6-16-12(13-7)10(8-2-3-8)14-11(15)9-4-5-9/h6,8-10H,2-5H2,1H3,(H,14,15)/t10-/m1/s1. The fourth-order valence-electron chi connectivity index (χ4n) is 1.94. The fraction of sp³-hybridized carbons (Fsp3) is 0.667. The van der Waals surface area contributed by atoms with E-state index >= 15 is 0 Å². The molecule has 2 fully saturated rings. The molecule has 0 bridgehead atoms. The van der Waals surface area contributed by atoms with E-state index in [0.29, 0.717) is 11.8 Å². The topological polar surface area (TPSA) is 42.0 Å². The van der Waals surface area contributed by atoms with Crippen molar-refractivity contribution in [1.82, 2.24) is 10.3 Å². The van der Waals surface area contributed by atoms with Crippen LogP contribution in [0.15, 0.2) is 5.38 Å². The number of rotatable bonds is 4. The lowest BCUT2D eigenvalue weighted by Crippen LogP contribution is -2.30. The lowest BCUT2D eigenvalue weighted by molar-refractivity contribution is -0.123. The van der Waals surface area contributed by atoms with Gasteiger partial charge in [0.2, 0.25) is 5.91 Å². The van der Waals surface area contributed by atoms with Gasteiger partial charge in [0.15, 0.2) is 0 Å². The van der Waals surface area contributed by atoms with E-state index in [9.17, 15) is 4.79 Å². The molecule has 0 unspecified atom stereocenters. The second-order valence-electron chi connectivity index (χ2n) is 4.93. The number of nitrogens with one attached hydrogen (secondary N) is 1. The Morgan fingerprint density at radius 2 is 2.25 bits per heavy atom. The van der Waals surface area contributed by atoms with E-state index in [1.165, 1.54) is 12.8 Å². The van der Waals surface area contributed by atoms with Crippen LogP contribution < -0.4 is 5.32 Å². The summed E-state index contributed by atoms with van der Waals surface area (Å²) in [7, 11) is 0. The second-order valence-corrected chi connectivity index (χ2v) is 5.81. The van der Waals surface area contributed by atoms with Crippen molar-refractivity contribution < 1.29 is 4.79 Å². The molecule has 0 radical (unpaired) electrons. The first kappa shape index (κ1) is 10.3. The van der Waals surface area contributed by atoms with Crippen LogP contribution in [0.5, 0.6) is 0 Å². The minimum absolute atomic E-state index is 0.187. The Bertz CT molecular complexity index is 407. The van der Waals surface area contributed by atoms with Gasteiger partial charge < -0.3 is 5.32 Å². The number of aromatic nitrogens is 1. The van der Waals surface area contributed by atoms with Gasteiger partial charge in [-0.15, -0.1) is 11.3 Å². The summed E-state index contributed by atoms with van der Waals surface area (Å²) in [6, 6.07) is 0.187. The van der Waals surface area contributed by atoms with Gasteiger partial charge in [-0.1, -0.05) is 0 Å². The van der Waals surface area contributed by atoms with Gasteiger partial charge in [-0.05, 0) is 38.5 Å². The van der Waals surface area contributed by atoms with Crippen LogP contribution >= 0.6 is 11.3 Å². The lowest BCUT2D eigenvalue weighted by atomic mass is 10.2. The monoisotopic (exact) mass is 236 g/mol. The van der Waals surface area contributed by atoms with E-state index in [1.54, 1.807) is 11.3 Å². The molecule has 1 aromatic rings. The van der Waals surface area contributed by atoms with Crippen LogP contribution in [-0.4, -0.2) is 10.9 Å². The third kappa shape index (κ3) is 2.12. The molecule has 86 valence electrons. The molecule has 3 nitrogen and oxygen atoms in total. The van der Waals surface area contributed by atoms with Gasteiger partial charge in [0, 0.05) is 17.0 Å². The Balaban J connectivity index is 1.72. The molecule has 0 saturated heterocycles. The molecule has 2 aliphatic rings. The van der Waals surface area contributed by atoms with Crippen molar-refractivity contribution in [3.05, 3.63) is 16.1 Å². The van der Waals surface area contributed by atoms with Crippen LogP contribution in [0, 0.1) is 18.8 Å². The number of nitrogens with zero attached hydrogens (tertiary/aromatic N) is 1. The summed E-state index contributed by atoms with van der Waals surface area (Å²) in [6.07, 6.45) is 4.60. The third-order valence-electron chi connectivity index (χ3n) is 3.24. The van der Waals surface area contributed by atoms with Crippen molar-refractivity contribution in [2.24, 2.45) is 11.8 Å². The molecular weight excluding hydrogens is 220 g/mol. The summed E-state index contributed by atoms with van der Waals surface area (Å²) in [5.41, 5.74) is 1.06. The van der Waals surface area contributed by atoms with Crippen molar-refractivity contribution >= 4 is 17.2 Å². The summed E-state index contributed by atoms with van der Waals surface area (Å²) < 4.78 is 0. The van der Waals surface area contributed by atoms with E-state index in [-0.39, 0.29) is 11.9 Å². The Morgan fingerprint density at radius 1 is 1.50 bits per heavy atom. The molecular formula is C12H16N2OS. The smallest absolute Gasteiger partial charge is 0.223 e. The van der Waals surface area contributed by atoms with E-state index in [0.717, 1.165) is 23.5 Å². The van der Waals surface area contributed by atoms with Crippen LogP contribution in [0.2, 0.25) is 0 Å². The Hall–Kier alpha value is -0.900. The molecule has 0 aliphatic heterocycles. The zero-order chi connectivity index (χ0) is 11.1. The third-order valence-corrected chi connectivity index (χ3v) is 4.29. The van der Waals surface area contributed by atoms with Gasteiger partial charge in [0.05, 0.1) is 6.04 Å². The molecule has 1 amide bonds. The van der Waals surface area contributed by atoms with Crippen molar-refractivity contribution in [2.45, 2.75) is 38.6 Å². The first-order valence-electron chi connectivity index (χ1n) is 5.96. The van der Waals surface area contributed by atoms with Crippen LogP contribution in [0.3, 0.4) is 0 Å². The van der Waals surface area contributed by atoms with Crippen LogP contribution in [0.25, 0.3) is 0 Å². The van der Waals surface area contributed by atoms with E-state index in [1.807, 2.05) is 6.92 Å². The summed E-state index contributed by atoms with van der Waals surface area (Å²) in [4.78, 5) is 16.3. The number of carbonyl (C=O) groups excluding carboxylic acids is 1. The summed E-state index contributed by atoms with van der Waals surface area (Å²) in [5, 5.41) is 6.33. The minimum Gasteiger partial charge on any atom is -0.346 e.